The van der Waals surface area contributed by atoms with E-state index >= 15 is 0 Å². The molecule has 0 bridgehead atoms. The molecule has 0 aromatic heterocycles. The molecule has 0 radical (unpaired) electrons. The van der Waals surface area contributed by atoms with E-state index in [4.69, 9.17) is 9.88 Å². The molecule has 1 aromatic carbocycles. The predicted molar refractivity (Wildman–Crippen MR) is 64.1 cm³/mol. The van der Waals surface area contributed by atoms with Gasteiger partial charge < -0.3 is 4.74 Å². The lowest BCUT2D eigenvalue weighted by atomic mass is 10.3. The van der Waals surface area contributed by atoms with E-state index in [2.05, 4.69) is 4.18 Å². The molecule has 9 heteroatoms. The van der Waals surface area contributed by atoms with E-state index in [1.165, 1.54) is 24.3 Å². The van der Waals surface area contributed by atoms with Crippen molar-refractivity contribution in [3.63, 3.8) is 0 Å². The molecule has 0 aliphatic carbocycles. The first-order chi connectivity index (χ1) is 8.18. The van der Waals surface area contributed by atoms with Crippen LogP contribution in [0.3, 0.4) is 0 Å². The van der Waals surface area contributed by atoms with E-state index in [1.54, 1.807) is 0 Å². The zero-order valence-corrected chi connectivity index (χ0v) is 11.2. The molecular formula is C9H13NO6S2. The second-order valence-corrected chi connectivity index (χ2v) is 6.60. The highest BCUT2D eigenvalue weighted by Gasteiger charge is 2.07. The Bertz CT molecular complexity index is 590. The molecule has 0 amide bonds. The Morgan fingerprint density at radius 1 is 1.06 bits per heavy atom. The zero-order chi connectivity index (χ0) is 13.8. The Kier molecular flexibility index (Phi) is 4.68. The molecule has 18 heavy (non-hydrogen) atoms. The molecule has 0 fully saturated rings. The van der Waals surface area contributed by atoms with Gasteiger partial charge in [-0.1, -0.05) is 0 Å². The van der Waals surface area contributed by atoms with E-state index in [0.29, 0.717) is 5.75 Å². The van der Waals surface area contributed by atoms with Crippen LogP contribution < -0.4 is 9.88 Å². The third kappa shape index (κ3) is 5.45. The van der Waals surface area contributed by atoms with Gasteiger partial charge in [-0.2, -0.15) is 8.42 Å². The SMILES string of the molecule is CS(=O)(=O)OCCOc1ccc(S(N)(=O)=O)cc1. The van der Waals surface area contributed by atoms with Crippen molar-refractivity contribution in [1.82, 2.24) is 0 Å². The second-order valence-electron chi connectivity index (χ2n) is 3.39. The molecule has 1 rings (SSSR count). The highest BCUT2D eigenvalue weighted by molar-refractivity contribution is 7.89. The van der Waals surface area contributed by atoms with Crippen LogP contribution in [0.25, 0.3) is 0 Å². The van der Waals surface area contributed by atoms with Gasteiger partial charge in [-0.05, 0) is 24.3 Å². The summed E-state index contributed by atoms with van der Waals surface area (Å²) in [5.41, 5.74) is 0. The number of rotatable bonds is 6. The van der Waals surface area contributed by atoms with Gasteiger partial charge in [0.1, 0.15) is 19.0 Å². The molecule has 0 aliphatic rings. The van der Waals surface area contributed by atoms with Crippen molar-refractivity contribution in [2.45, 2.75) is 4.90 Å². The van der Waals surface area contributed by atoms with Gasteiger partial charge in [0.05, 0.1) is 11.2 Å². The number of ether oxygens (including phenoxy) is 1. The van der Waals surface area contributed by atoms with Gasteiger partial charge in [0.25, 0.3) is 10.1 Å². The Hall–Kier alpha value is -1.16. The summed E-state index contributed by atoms with van der Waals surface area (Å²) in [4.78, 5) is -0.0257. The lowest BCUT2D eigenvalue weighted by molar-refractivity contribution is 0.222. The summed E-state index contributed by atoms with van der Waals surface area (Å²) < 4.78 is 52.8. The summed E-state index contributed by atoms with van der Waals surface area (Å²) in [5.74, 6) is 0.388. The molecular weight excluding hydrogens is 282 g/mol. The molecule has 0 spiro atoms. The summed E-state index contributed by atoms with van der Waals surface area (Å²) in [6.45, 7) is -0.0858. The van der Waals surface area contributed by atoms with Crippen LogP contribution >= 0.6 is 0 Å². The second kappa shape index (κ2) is 5.65. The lowest BCUT2D eigenvalue weighted by Gasteiger charge is -2.06. The van der Waals surface area contributed by atoms with Gasteiger partial charge in [-0.3, -0.25) is 4.18 Å². The van der Waals surface area contributed by atoms with Crippen molar-refractivity contribution in [2.24, 2.45) is 5.14 Å². The van der Waals surface area contributed by atoms with E-state index in [9.17, 15) is 16.8 Å². The van der Waals surface area contributed by atoms with Crippen LogP contribution in [0.15, 0.2) is 29.2 Å². The number of sulfonamides is 1. The Morgan fingerprint density at radius 2 is 1.61 bits per heavy atom. The first-order valence-electron chi connectivity index (χ1n) is 4.78. The van der Waals surface area contributed by atoms with Crippen molar-refractivity contribution < 1.29 is 25.8 Å². The maximum atomic E-state index is 11.0. The van der Waals surface area contributed by atoms with Crippen LogP contribution in [0.5, 0.6) is 5.75 Å². The summed E-state index contributed by atoms with van der Waals surface area (Å²) in [6, 6.07) is 5.42. The number of nitrogens with two attached hydrogens (primary N) is 1. The van der Waals surface area contributed by atoms with Gasteiger partial charge in [0.15, 0.2) is 0 Å². The zero-order valence-electron chi connectivity index (χ0n) is 9.57. The summed E-state index contributed by atoms with van der Waals surface area (Å²) in [5, 5.41) is 4.92. The molecule has 2 N–H and O–H groups in total. The van der Waals surface area contributed by atoms with Gasteiger partial charge in [-0.15, -0.1) is 0 Å². The quantitative estimate of drug-likeness (QED) is 0.569. The lowest BCUT2D eigenvalue weighted by Crippen LogP contribution is -2.12. The average Bonchev–Trinajstić information content (AvgIpc) is 2.22. The van der Waals surface area contributed by atoms with Gasteiger partial charge in [0, 0.05) is 0 Å². The normalized spacial score (nSPS) is 12.3. The number of benzene rings is 1. The predicted octanol–water partition coefficient (Wildman–Crippen LogP) is -0.311. The molecule has 0 saturated heterocycles. The molecule has 0 saturated carbocycles. The molecule has 102 valence electrons. The molecule has 1 aromatic rings. The van der Waals surface area contributed by atoms with E-state index in [0.717, 1.165) is 6.26 Å². The largest absolute Gasteiger partial charge is 0.491 e. The fourth-order valence-corrected chi connectivity index (χ4v) is 1.96. The maximum Gasteiger partial charge on any atom is 0.264 e. The smallest absolute Gasteiger partial charge is 0.264 e. The van der Waals surface area contributed by atoms with Gasteiger partial charge in [0.2, 0.25) is 10.0 Å². The van der Waals surface area contributed by atoms with Crippen molar-refractivity contribution in [3.05, 3.63) is 24.3 Å². The number of hydrogen-bond donors (Lipinski definition) is 1. The van der Waals surface area contributed by atoms with Crippen LogP contribution in [0, 0.1) is 0 Å². The Balaban J connectivity index is 2.50. The minimum Gasteiger partial charge on any atom is -0.491 e. The first kappa shape index (κ1) is 14.9. The molecule has 0 heterocycles. The topological polar surface area (TPSA) is 113 Å². The van der Waals surface area contributed by atoms with Crippen molar-refractivity contribution in [3.8, 4) is 5.75 Å². The average molecular weight is 295 g/mol. The van der Waals surface area contributed by atoms with Crippen molar-refractivity contribution in [1.29, 1.82) is 0 Å². The Morgan fingerprint density at radius 3 is 2.06 bits per heavy atom. The van der Waals surface area contributed by atoms with Crippen LogP contribution in [0.1, 0.15) is 0 Å². The Labute approximate surface area is 106 Å². The first-order valence-corrected chi connectivity index (χ1v) is 8.15. The number of hydrogen-bond acceptors (Lipinski definition) is 6. The minimum atomic E-state index is -3.72. The van der Waals surface area contributed by atoms with E-state index in [1.807, 2.05) is 0 Å². The standard InChI is InChI=1S/C9H13NO6S2/c1-17(11,12)16-7-6-15-8-2-4-9(5-3-8)18(10,13)14/h2-5H,6-7H2,1H3,(H2,10,13,14). The third-order valence-electron chi connectivity index (χ3n) is 1.80. The number of primary sulfonamides is 1. The fraction of sp³-hybridized carbons (Fsp3) is 0.333. The third-order valence-corrected chi connectivity index (χ3v) is 3.33. The summed E-state index contributed by atoms with van der Waals surface area (Å²) >= 11 is 0. The molecule has 0 aliphatic heterocycles. The van der Waals surface area contributed by atoms with E-state index in [-0.39, 0.29) is 18.1 Å². The van der Waals surface area contributed by atoms with Gasteiger partial charge in [-0.25, -0.2) is 13.6 Å². The highest BCUT2D eigenvalue weighted by Crippen LogP contribution is 2.14. The van der Waals surface area contributed by atoms with Gasteiger partial charge >= 0.3 is 0 Å². The molecule has 0 unspecified atom stereocenters. The van der Waals surface area contributed by atoms with E-state index < -0.39 is 20.1 Å². The van der Waals surface area contributed by atoms with Crippen LogP contribution in [0.2, 0.25) is 0 Å². The fourth-order valence-electron chi connectivity index (χ4n) is 1.07. The van der Waals surface area contributed by atoms with Crippen molar-refractivity contribution >= 4 is 20.1 Å². The van der Waals surface area contributed by atoms with Crippen LogP contribution in [0.4, 0.5) is 0 Å². The minimum absolute atomic E-state index is 0.0257. The summed E-state index contributed by atoms with van der Waals surface area (Å²) in [7, 11) is -7.20. The van der Waals surface area contributed by atoms with Crippen LogP contribution in [-0.2, 0) is 24.3 Å². The molecule has 0 atom stereocenters. The monoisotopic (exact) mass is 295 g/mol. The van der Waals surface area contributed by atoms with Crippen LogP contribution in [-0.4, -0.2) is 36.3 Å². The highest BCUT2D eigenvalue weighted by atomic mass is 32.2. The van der Waals surface area contributed by atoms with Crippen molar-refractivity contribution in [2.75, 3.05) is 19.5 Å². The molecule has 7 nitrogen and oxygen atoms in total. The summed E-state index contributed by atoms with van der Waals surface area (Å²) in [6.07, 6.45) is 0.938. The maximum absolute atomic E-state index is 11.0.